The summed E-state index contributed by atoms with van der Waals surface area (Å²) in [7, 11) is 4.52. The molecule has 0 saturated carbocycles. The Morgan fingerprint density at radius 3 is 2.47 bits per heavy atom. The van der Waals surface area contributed by atoms with Gasteiger partial charge in [0.1, 0.15) is 5.76 Å². The van der Waals surface area contributed by atoms with E-state index in [0.29, 0.717) is 18.0 Å². The average Bonchev–Trinajstić information content (AvgIpc) is 2.73. The van der Waals surface area contributed by atoms with E-state index in [2.05, 4.69) is 87.0 Å². The third-order valence-corrected chi connectivity index (χ3v) is 7.08. The van der Waals surface area contributed by atoms with E-state index in [-0.39, 0.29) is 17.1 Å². The van der Waals surface area contributed by atoms with Crippen LogP contribution in [0.15, 0.2) is 54.3 Å². The van der Waals surface area contributed by atoms with Crippen LogP contribution in [0.25, 0.3) is 0 Å². The summed E-state index contributed by atoms with van der Waals surface area (Å²) in [5.41, 5.74) is 1.59. The first-order chi connectivity index (χ1) is 14.2. The Kier molecular flexibility index (Phi) is 8.77. The molecule has 0 spiro atoms. The van der Waals surface area contributed by atoms with Gasteiger partial charge in [0.2, 0.25) is 0 Å². The van der Waals surface area contributed by atoms with Crippen molar-refractivity contribution in [2.24, 2.45) is 17.3 Å². The van der Waals surface area contributed by atoms with Crippen LogP contribution in [-0.2, 0) is 0 Å². The molecule has 2 rings (SSSR count). The van der Waals surface area contributed by atoms with Gasteiger partial charge in [-0.2, -0.15) is 0 Å². The first kappa shape index (κ1) is 24.3. The summed E-state index contributed by atoms with van der Waals surface area (Å²) in [4.78, 5) is 5.06. The Morgan fingerprint density at radius 2 is 1.87 bits per heavy atom. The van der Waals surface area contributed by atoms with Crippen molar-refractivity contribution in [2.75, 3.05) is 27.2 Å². The monoisotopic (exact) mass is 408 g/mol. The summed E-state index contributed by atoms with van der Waals surface area (Å²) in [5.74, 6) is 3.13. The maximum atomic E-state index is 9.96. The van der Waals surface area contributed by atoms with Crippen LogP contribution in [0.5, 0.6) is 0 Å². The minimum absolute atomic E-state index is 0.192. The molecule has 1 saturated heterocycles. The molecular formula is C27H40N2O. The van der Waals surface area contributed by atoms with E-state index < -0.39 is 0 Å². The van der Waals surface area contributed by atoms with E-state index in [1.165, 1.54) is 5.56 Å². The van der Waals surface area contributed by atoms with Crippen LogP contribution >= 0.6 is 0 Å². The van der Waals surface area contributed by atoms with Crippen LogP contribution in [0.2, 0.25) is 0 Å². The Hall–Kier alpha value is -2.02. The van der Waals surface area contributed by atoms with Gasteiger partial charge in [-0.15, -0.1) is 6.42 Å². The van der Waals surface area contributed by atoms with E-state index >= 15 is 0 Å². The lowest BCUT2D eigenvalue weighted by Crippen LogP contribution is -2.53. The molecule has 2 unspecified atom stereocenters. The third-order valence-electron chi connectivity index (χ3n) is 7.08. The van der Waals surface area contributed by atoms with Gasteiger partial charge in [0.05, 0.1) is 5.92 Å². The number of allylic oxidation sites excluding steroid dienone is 4. The maximum absolute atomic E-state index is 9.96. The molecule has 4 atom stereocenters. The lowest BCUT2D eigenvalue weighted by atomic mass is 9.71. The van der Waals surface area contributed by atoms with Crippen LogP contribution in [0.3, 0.4) is 0 Å². The Morgan fingerprint density at radius 1 is 1.20 bits per heavy atom. The SMILES string of the molecule is C#CC(C)/C(O)=C\C=C/C[C@](C)(CC1CN(C)[C@@H](c2ccccc2)CN1C)C(C)C. The topological polar surface area (TPSA) is 26.7 Å². The van der Waals surface area contributed by atoms with Crippen LogP contribution in [0.1, 0.15) is 52.1 Å². The van der Waals surface area contributed by atoms with Crippen molar-refractivity contribution < 1.29 is 5.11 Å². The van der Waals surface area contributed by atoms with Crippen molar-refractivity contribution >= 4 is 0 Å². The molecule has 30 heavy (non-hydrogen) atoms. The number of hydrogen-bond donors (Lipinski definition) is 1. The number of aliphatic hydroxyl groups is 1. The van der Waals surface area contributed by atoms with Crippen LogP contribution in [0, 0.1) is 29.6 Å². The van der Waals surface area contributed by atoms with Crippen LogP contribution < -0.4 is 0 Å². The quantitative estimate of drug-likeness (QED) is 0.340. The van der Waals surface area contributed by atoms with Gasteiger partial charge in [-0.3, -0.25) is 4.90 Å². The molecule has 0 amide bonds. The predicted octanol–water partition coefficient (Wildman–Crippen LogP) is 5.68. The van der Waals surface area contributed by atoms with E-state index in [4.69, 9.17) is 6.42 Å². The zero-order valence-corrected chi connectivity index (χ0v) is 19.7. The lowest BCUT2D eigenvalue weighted by Gasteiger charge is -2.47. The van der Waals surface area contributed by atoms with E-state index in [1.54, 1.807) is 6.08 Å². The van der Waals surface area contributed by atoms with Gasteiger partial charge in [-0.05, 0) is 56.8 Å². The summed E-state index contributed by atoms with van der Waals surface area (Å²) >= 11 is 0. The normalized spacial score (nSPS) is 24.7. The Balaban J connectivity index is 2.04. The van der Waals surface area contributed by atoms with Crippen LogP contribution in [-0.4, -0.2) is 48.1 Å². The fourth-order valence-corrected chi connectivity index (χ4v) is 4.24. The fraction of sp³-hybridized carbons (Fsp3) is 0.556. The molecule has 0 radical (unpaired) electrons. The zero-order chi connectivity index (χ0) is 22.3. The highest BCUT2D eigenvalue weighted by Crippen LogP contribution is 2.39. The second kappa shape index (κ2) is 10.8. The summed E-state index contributed by atoms with van der Waals surface area (Å²) < 4.78 is 0. The second-order valence-electron chi connectivity index (χ2n) is 9.58. The fourth-order valence-electron chi connectivity index (χ4n) is 4.24. The van der Waals surface area contributed by atoms with Gasteiger partial charge in [0.15, 0.2) is 0 Å². The van der Waals surface area contributed by atoms with Crippen molar-refractivity contribution in [3.8, 4) is 12.3 Å². The maximum Gasteiger partial charge on any atom is 0.107 e. The summed E-state index contributed by atoms with van der Waals surface area (Å²) in [6.45, 7) is 11.0. The number of aliphatic hydroxyl groups excluding tert-OH is 1. The second-order valence-corrected chi connectivity index (χ2v) is 9.58. The number of hydrogen-bond acceptors (Lipinski definition) is 3. The highest BCUT2D eigenvalue weighted by atomic mass is 16.3. The predicted molar refractivity (Wildman–Crippen MR) is 128 cm³/mol. The molecule has 3 heteroatoms. The highest BCUT2D eigenvalue weighted by molar-refractivity contribution is 5.20. The number of nitrogens with zero attached hydrogens (tertiary/aromatic N) is 2. The largest absolute Gasteiger partial charge is 0.511 e. The van der Waals surface area contributed by atoms with E-state index in [0.717, 1.165) is 25.9 Å². The summed E-state index contributed by atoms with van der Waals surface area (Å²) in [5, 5.41) is 9.96. The average molecular weight is 409 g/mol. The first-order valence-corrected chi connectivity index (χ1v) is 11.1. The van der Waals surface area contributed by atoms with Crippen molar-refractivity contribution in [3.05, 3.63) is 59.9 Å². The van der Waals surface area contributed by atoms with E-state index in [1.807, 2.05) is 13.0 Å². The molecule has 1 heterocycles. The first-order valence-electron chi connectivity index (χ1n) is 11.1. The summed E-state index contributed by atoms with van der Waals surface area (Å²) in [6.07, 6.45) is 13.4. The smallest absolute Gasteiger partial charge is 0.107 e. The number of piperazine rings is 1. The highest BCUT2D eigenvalue weighted by Gasteiger charge is 2.36. The van der Waals surface area contributed by atoms with Crippen LogP contribution in [0.4, 0.5) is 0 Å². The van der Waals surface area contributed by atoms with Gasteiger partial charge in [0.25, 0.3) is 0 Å². The molecule has 0 aliphatic carbocycles. The molecule has 1 aromatic rings. The molecule has 1 aromatic carbocycles. The number of rotatable bonds is 8. The molecule has 1 fully saturated rings. The van der Waals surface area contributed by atoms with Crippen molar-refractivity contribution in [1.29, 1.82) is 0 Å². The van der Waals surface area contributed by atoms with Crippen molar-refractivity contribution in [1.82, 2.24) is 9.80 Å². The number of benzene rings is 1. The Bertz CT molecular complexity index is 761. The van der Waals surface area contributed by atoms with Crippen molar-refractivity contribution in [2.45, 2.75) is 52.6 Å². The molecule has 1 aliphatic rings. The number of terminal acetylenes is 1. The van der Waals surface area contributed by atoms with Gasteiger partial charge in [-0.1, -0.05) is 69.2 Å². The third kappa shape index (κ3) is 6.24. The molecular weight excluding hydrogens is 368 g/mol. The molecule has 1 N–H and O–H groups in total. The lowest BCUT2D eigenvalue weighted by molar-refractivity contribution is 0.0271. The number of likely N-dealkylation sites (N-methyl/N-ethyl adjacent to an activating group) is 2. The van der Waals surface area contributed by atoms with E-state index in [9.17, 15) is 5.11 Å². The molecule has 3 nitrogen and oxygen atoms in total. The minimum Gasteiger partial charge on any atom is -0.511 e. The standard InChI is InChI=1S/C27H40N2O/c1-8-22(4)26(30)16-12-13-17-27(5,21(2)3)18-24-19-29(7)25(20-28(24)6)23-14-10-9-11-15-23/h1,9-16,21-22,24-25,30H,17-20H2,2-7H3/b13-12-,26-16+/t22?,24?,25-,27-/m1/s1. The molecule has 0 bridgehead atoms. The van der Waals surface area contributed by atoms with Gasteiger partial charge >= 0.3 is 0 Å². The van der Waals surface area contributed by atoms with Crippen molar-refractivity contribution in [3.63, 3.8) is 0 Å². The van der Waals surface area contributed by atoms with Gasteiger partial charge in [0, 0.05) is 25.2 Å². The molecule has 164 valence electrons. The van der Waals surface area contributed by atoms with Gasteiger partial charge in [-0.25, -0.2) is 0 Å². The molecule has 1 aliphatic heterocycles. The summed E-state index contributed by atoms with van der Waals surface area (Å²) in [6, 6.07) is 11.8. The molecule has 0 aromatic heterocycles. The minimum atomic E-state index is -0.241. The zero-order valence-electron chi connectivity index (χ0n) is 19.7. The Labute approximate surface area is 184 Å². The van der Waals surface area contributed by atoms with Gasteiger partial charge < -0.3 is 10.0 Å².